The quantitative estimate of drug-likeness (QED) is 0.817. The van der Waals surface area contributed by atoms with E-state index in [1.807, 2.05) is 0 Å². The van der Waals surface area contributed by atoms with Gasteiger partial charge in [-0.3, -0.25) is 0 Å². The van der Waals surface area contributed by atoms with Gasteiger partial charge in [0.25, 0.3) is 0 Å². The van der Waals surface area contributed by atoms with Crippen molar-refractivity contribution in [3.63, 3.8) is 0 Å². The monoisotopic (exact) mass is 234 g/mol. The molecule has 1 atom stereocenters. The first-order valence-electron chi connectivity index (χ1n) is 6.47. The van der Waals surface area contributed by atoms with Crippen molar-refractivity contribution in [2.45, 2.75) is 38.8 Å². The molecule has 0 aliphatic carbocycles. The lowest BCUT2D eigenvalue weighted by Gasteiger charge is -2.19. The Balaban J connectivity index is 1.93. The summed E-state index contributed by atoms with van der Waals surface area (Å²) in [4.78, 5) is 0. The highest BCUT2D eigenvalue weighted by Gasteiger charge is 2.10. The normalized spacial score (nSPS) is 16.1. The zero-order chi connectivity index (χ0) is 12.1. The van der Waals surface area contributed by atoms with Gasteiger partial charge in [-0.15, -0.1) is 0 Å². The molecule has 0 aromatic heterocycles. The zero-order valence-corrected chi connectivity index (χ0v) is 10.5. The van der Waals surface area contributed by atoms with Gasteiger partial charge in [0.1, 0.15) is 5.75 Å². The van der Waals surface area contributed by atoms with E-state index in [9.17, 15) is 0 Å². The van der Waals surface area contributed by atoms with Crippen LogP contribution in [0.3, 0.4) is 0 Å². The fraction of sp³-hybridized carbons (Fsp3) is 0.571. The smallest absolute Gasteiger partial charge is 0.122 e. The maximum Gasteiger partial charge on any atom is 0.122 e. The number of hydrogen-bond acceptors (Lipinski definition) is 3. The molecule has 1 heterocycles. The number of nitrogens with one attached hydrogen (secondary N) is 1. The van der Waals surface area contributed by atoms with Crippen LogP contribution in [0.15, 0.2) is 18.2 Å². The van der Waals surface area contributed by atoms with Gasteiger partial charge in [-0.25, -0.2) is 0 Å². The molecule has 1 aromatic carbocycles. The lowest BCUT2D eigenvalue weighted by atomic mass is 10.0. The average molecular weight is 234 g/mol. The Kier molecular flexibility index (Phi) is 4.40. The molecule has 0 bridgehead atoms. The van der Waals surface area contributed by atoms with Gasteiger partial charge >= 0.3 is 0 Å². The van der Waals surface area contributed by atoms with Crippen molar-refractivity contribution in [3.8, 4) is 5.75 Å². The predicted octanol–water partition coefficient (Wildman–Crippen LogP) is 1.84. The number of ether oxygens (including phenoxy) is 1. The maximum absolute atomic E-state index is 5.61. The maximum atomic E-state index is 5.61. The zero-order valence-electron chi connectivity index (χ0n) is 10.5. The molecule has 3 heteroatoms. The van der Waals surface area contributed by atoms with Gasteiger partial charge in [0.2, 0.25) is 0 Å². The largest absolute Gasteiger partial charge is 0.493 e. The number of nitrogens with two attached hydrogens (primary N) is 1. The van der Waals surface area contributed by atoms with Crippen LogP contribution in [0.2, 0.25) is 0 Å². The van der Waals surface area contributed by atoms with Crippen LogP contribution >= 0.6 is 0 Å². The Labute approximate surface area is 103 Å². The Bertz CT molecular complexity index is 365. The number of rotatable bonds is 5. The van der Waals surface area contributed by atoms with Crippen molar-refractivity contribution in [1.29, 1.82) is 0 Å². The highest BCUT2D eigenvalue weighted by molar-refractivity contribution is 5.38. The van der Waals surface area contributed by atoms with E-state index in [0.717, 1.165) is 44.7 Å². The van der Waals surface area contributed by atoms with Crippen LogP contribution in [0.4, 0.5) is 0 Å². The Morgan fingerprint density at radius 3 is 3.18 bits per heavy atom. The molecule has 0 saturated heterocycles. The SMILES string of the molecule is CC(CCN)NCc1ccc2c(c1)CCCO2. The minimum Gasteiger partial charge on any atom is -0.493 e. The molecule has 1 aliphatic heterocycles. The molecular formula is C14H22N2O. The van der Waals surface area contributed by atoms with Crippen LogP contribution in [0.5, 0.6) is 5.75 Å². The topological polar surface area (TPSA) is 47.3 Å². The molecule has 0 radical (unpaired) electrons. The van der Waals surface area contributed by atoms with Crippen LogP contribution < -0.4 is 15.8 Å². The molecular weight excluding hydrogens is 212 g/mol. The van der Waals surface area contributed by atoms with E-state index >= 15 is 0 Å². The third-order valence-electron chi connectivity index (χ3n) is 3.23. The first-order chi connectivity index (χ1) is 8.29. The molecule has 0 amide bonds. The number of hydrogen-bond donors (Lipinski definition) is 2. The van der Waals surface area contributed by atoms with Crippen LogP contribution in [-0.4, -0.2) is 19.2 Å². The summed E-state index contributed by atoms with van der Waals surface area (Å²) in [5.74, 6) is 1.06. The Morgan fingerprint density at radius 2 is 2.35 bits per heavy atom. The van der Waals surface area contributed by atoms with E-state index in [4.69, 9.17) is 10.5 Å². The summed E-state index contributed by atoms with van der Waals surface area (Å²) >= 11 is 0. The van der Waals surface area contributed by atoms with Gasteiger partial charge in [0, 0.05) is 12.6 Å². The fourth-order valence-corrected chi connectivity index (χ4v) is 2.17. The van der Waals surface area contributed by atoms with Crippen molar-refractivity contribution < 1.29 is 4.74 Å². The van der Waals surface area contributed by atoms with E-state index in [-0.39, 0.29) is 0 Å². The lowest BCUT2D eigenvalue weighted by Crippen LogP contribution is -2.27. The number of aryl methyl sites for hydroxylation is 1. The van der Waals surface area contributed by atoms with Gasteiger partial charge in [-0.2, -0.15) is 0 Å². The van der Waals surface area contributed by atoms with E-state index in [1.165, 1.54) is 11.1 Å². The molecule has 0 saturated carbocycles. The van der Waals surface area contributed by atoms with Crippen molar-refractivity contribution in [1.82, 2.24) is 5.32 Å². The van der Waals surface area contributed by atoms with Crippen molar-refractivity contribution in [3.05, 3.63) is 29.3 Å². The fourth-order valence-electron chi connectivity index (χ4n) is 2.17. The van der Waals surface area contributed by atoms with Gasteiger partial charge < -0.3 is 15.8 Å². The van der Waals surface area contributed by atoms with Gasteiger partial charge in [0.15, 0.2) is 0 Å². The summed E-state index contributed by atoms with van der Waals surface area (Å²) in [6, 6.07) is 6.98. The highest BCUT2D eigenvalue weighted by atomic mass is 16.5. The molecule has 3 N–H and O–H groups in total. The van der Waals surface area contributed by atoms with Crippen molar-refractivity contribution >= 4 is 0 Å². The lowest BCUT2D eigenvalue weighted by molar-refractivity contribution is 0.288. The third-order valence-corrected chi connectivity index (χ3v) is 3.23. The minimum atomic E-state index is 0.479. The first-order valence-corrected chi connectivity index (χ1v) is 6.47. The second-order valence-corrected chi connectivity index (χ2v) is 4.75. The van der Waals surface area contributed by atoms with Crippen LogP contribution in [0.1, 0.15) is 30.9 Å². The molecule has 1 unspecified atom stereocenters. The van der Waals surface area contributed by atoms with Gasteiger partial charge in [-0.05, 0) is 49.9 Å². The number of benzene rings is 1. The van der Waals surface area contributed by atoms with E-state index in [0.29, 0.717) is 6.04 Å². The second kappa shape index (κ2) is 6.03. The third kappa shape index (κ3) is 3.45. The summed E-state index contributed by atoms with van der Waals surface area (Å²) in [6.45, 7) is 4.69. The van der Waals surface area contributed by atoms with E-state index in [1.54, 1.807) is 0 Å². The van der Waals surface area contributed by atoms with Crippen molar-refractivity contribution in [2.75, 3.05) is 13.2 Å². The summed E-state index contributed by atoms with van der Waals surface area (Å²) in [6.07, 6.45) is 3.29. The molecule has 17 heavy (non-hydrogen) atoms. The molecule has 0 spiro atoms. The molecule has 0 fully saturated rings. The Hall–Kier alpha value is -1.06. The first kappa shape index (κ1) is 12.4. The second-order valence-electron chi connectivity index (χ2n) is 4.75. The average Bonchev–Trinajstić information content (AvgIpc) is 2.36. The summed E-state index contributed by atoms with van der Waals surface area (Å²) in [5.41, 5.74) is 8.21. The van der Waals surface area contributed by atoms with E-state index < -0.39 is 0 Å². The molecule has 1 aromatic rings. The number of fused-ring (bicyclic) bond motifs is 1. The summed E-state index contributed by atoms with van der Waals surface area (Å²) in [7, 11) is 0. The standard InChI is InChI=1S/C14H22N2O/c1-11(6-7-15)16-10-12-4-5-14-13(9-12)3-2-8-17-14/h4-5,9,11,16H,2-3,6-8,10,15H2,1H3. The molecule has 3 nitrogen and oxygen atoms in total. The predicted molar refractivity (Wildman–Crippen MR) is 70.2 cm³/mol. The van der Waals surface area contributed by atoms with Crippen LogP contribution in [0.25, 0.3) is 0 Å². The molecule has 1 aliphatic rings. The summed E-state index contributed by atoms with van der Waals surface area (Å²) < 4.78 is 5.61. The summed E-state index contributed by atoms with van der Waals surface area (Å²) in [5, 5.41) is 3.49. The van der Waals surface area contributed by atoms with Crippen molar-refractivity contribution in [2.24, 2.45) is 5.73 Å². The molecule has 94 valence electrons. The van der Waals surface area contributed by atoms with Crippen LogP contribution in [-0.2, 0) is 13.0 Å². The van der Waals surface area contributed by atoms with Gasteiger partial charge in [0.05, 0.1) is 6.61 Å². The minimum absolute atomic E-state index is 0.479. The Morgan fingerprint density at radius 1 is 1.47 bits per heavy atom. The van der Waals surface area contributed by atoms with E-state index in [2.05, 4.69) is 30.4 Å². The van der Waals surface area contributed by atoms with Crippen LogP contribution in [0, 0.1) is 0 Å². The van der Waals surface area contributed by atoms with Gasteiger partial charge in [-0.1, -0.05) is 12.1 Å². The highest BCUT2D eigenvalue weighted by Crippen LogP contribution is 2.25. The molecule has 2 rings (SSSR count).